The SMILES string of the molecule is c1ccc(-c2nc(-c3ccc4c(-c5cccc6oc7cc(-c8cc9oc%10cccc(-c%11nc(-c%12ccccc%12)nc(-c%12ccc(-c%13cccc%14c(-c%15cccc%16oc%17ccncc%17c%15%16)cccc%13%14)cc%12)n%11)c%10c9cn8)ccc7c56)cccc4c3)nc(-c3cccc4oc5ccncc5c34)n2)cc1. The number of furan rings is 4. The van der Waals surface area contributed by atoms with E-state index in [9.17, 15) is 0 Å². The van der Waals surface area contributed by atoms with E-state index in [0.29, 0.717) is 46.1 Å². The molecule has 0 spiro atoms. The molecule has 21 rings (SSSR count). The molecule has 102 heavy (non-hydrogen) atoms. The lowest BCUT2D eigenvalue weighted by Gasteiger charge is -2.13. The standard InChI is InChI=1S/C89H49N9O4/c1-3-14-51(15-4-1)84-93-86(53-34-32-50(33-35-53)57-19-8-22-61-59(57)21-9-23-62(61)64-25-11-29-75-81(64)68-47-90-42-40-72(68)99-75)97-88(95-84)67-27-13-31-77-83(67)70-49-92-71(46-79(70)102-77)55-36-39-65-78(45-55)101-74-28-10-24-63(80(65)74)60-20-7-18-54-44-56(37-38-58(54)60)87-94-85(52-16-5-2-6-17-52)96-89(98-87)66-26-12-30-76-82(66)69-48-91-43-41-73(69)100-76/h1-49H. The minimum Gasteiger partial charge on any atom is -0.456 e. The van der Waals surface area contributed by atoms with Crippen molar-refractivity contribution in [1.29, 1.82) is 0 Å². The van der Waals surface area contributed by atoms with Gasteiger partial charge in [0.25, 0.3) is 0 Å². The maximum atomic E-state index is 6.76. The molecule has 0 amide bonds. The van der Waals surface area contributed by atoms with Crippen LogP contribution in [0, 0.1) is 0 Å². The molecule has 0 aliphatic heterocycles. The fourth-order valence-electron chi connectivity index (χ4n) is 15.0. The summed E-state index contributed by atoms with van der Waals surface area (Å²) in [5.74, 6) is 3.28. The van der Waals surface area contributed by atoms with Gasteiger partial charge in [-0.3, -0.25) is 15.0 Å². The first-order valence-corrected chi connectivity index (χ1v) is 33.6. The van der Waals surface area contributed by atoms with Crippen molar-refractivity contribution in [1.82, 2.24) is 44.9 Å². The quantitative estimate of drug-likeness (QED) is 0.127. The topological polar surface area (TPSA) is 169 Å². The molecule has 0 saturated carbocycles. The third-order valence-electron chi connectivity index (χ3n) is 19.7. The number of nitrogens with zero attached hydrogens (tertiary/aromatic N) is 9. The zero-order valence-corrected chi connectivity index (χ0v) is 53.9. The van der Waals surface area contributed by atoms with Crippen LogP contribution in [0.15, 0.2) is 316 Å². The Morgan fingerprint density at radius 1 is 0.206 bits per heavy atom. The van der Waals surface area contributed by atoms with E-state index < -0.39 is 0 Å². The maximum absolute atomic E-state index is 6.76. The highest BCUT2D eigenvalue weighted by molar-refractivity contribution is 6.19. The van der Waals surface area contributed by atoms with Gasteiger partial charge in [0.2, 0.25) is 0 Å². The van der Waals surface area contributed by atoms with E-state index in [1.54, 1.807) is 12.4 Å². The molecule has 12 aromatic carbocycles. The van der Waals surface area contributed by atoms with Crippen LogP contribution < -0.4 is 0 Å². The summed E-state index contributed by atoms with van der Waals surface area (Å²) in [5, 5.41) is 11.9. The molecule has 9 heterocycles. The Morgan fingerprint density at radius 2 is 0.608 bits per heavy atom. The van der Waals surface area contributed by atoms with E-state index in [-0.39, 0.29) is 0 Å². The Bertz CT molecular complexity index is 7020. The van der Waals surface area contributed by atoms with E-state index in [1.165, 1.54) is 0 Å². The van der Waals surface area contributed by atoms with Gasteiger partial charge in [-0.2, -0.15) is 0 Å². The van der Waals surface area contributed by atoms with Crippen LogP contribution in [-0.2, 0) is 0 Å². The minimum atomic E-state index is 0.514. The largest absolute Gasteiger partial charge is 0.456 e. The molecule has 13 heteroatoms. The van der Waals surface area contributed by atoms with Gasteiger partial charge in [0, 0.05) is 119 Å². The monoisotopic (exact) mass is 1310 g/mol. The second-order valence-corrected chi connectivity index (χ2v) is 25.5. The lowest BCUT2D eigenvalue weighted by atomic mass is 9.91. The Balaban J connectivity index is 0.608. The smallest absolute Gasteiger partial charge is 0.164 e. The van der Waals surface area contributed by atoms with Gasteiger partial charge in [-0.05, 0) is 110 Å². The van der Waals surface area contributed by atoms with Crippen molar-refractivity contribution in [3.63, 3.8) is 0 Å². The molecular weight excluding hydrogens is 1260 g/mol. The van der Waals surface area contributed by atoms with Crippen molar-refractivity contribution in [3.8, 4) is 113 Å². The van der Waals surface area contributed by atoms with Crippen molar-refractivity contribution >= 4 is 109 Å². The van der Waals surface area contributed by atoms with Crippen LogP contribution >= 0.6 is 0 Å². The molecule has 0 saturated heterocycles. The van der Waals surface area contributed by atoms with Gasteiger partial charge in [0.05, 0.1) is 5.69 Å². The van der Waals surface area contributed by atoms with Crippen LogP contribution in [0.1, 0.15) is 0 Å². The van der Waals surface area contributed by atoms with Gasteiger partial charge in [0.15, 0.2) is 34.9 Å². The molecule has 13 nitrogen and oxygen atoms in total. The summed E-state index contributed by atoms with van der Waals surface area (Å²) in [5.41, 5.74) is 19.3. The van der Waals surface area contributed by atoms with Crippen molar-refractivity contribution in [3.05, 3.63) is 298 Å². The number of hydrogen-bond acceptors (Lipinski definition) is 13. The highest BCUT2D eigenvalue weighted by Crippen LogP contribution is 2.46. The summed E-state index contributed by atoms with van der Waals surface area (Å²) in [7, 11) is 0. The maximum Gasteiger partial charge on any atom is 0.164 e. The second-order valence-electron chi connectivity index (χ2n) is 25.5. The highest BCUT2D eigenvalue weighted by atomic mass is 16.3. The Morgan fingerprint density at radius 3 is 1.20 bits per heavy atom. The van der Waals surface area contributed by atoms with Gasteiger partial charge in [-0.15, -0.1) is 0 Å². The fraction of sp³-hybridized carbons (Fsp3) is 0. The van der Waals surface area contributed by atoms with Crippen molar-refractivity contribution in [2.45, 2.75) is 0 Å². The van der Waals surface area contributed by atoms with Crippen LogP contribution in [0.2, 0.25) is 0 Å². The van der Waals surface area contributed by atoms with Crippen LogP contribution in [-0.4, -0.2) is 44.9 Å². The van der Waals surface area contributed by atoms with Crippen LogP contribution in [0.5, 0.6) is 0 Å². The van der Waals surface area contributed by atoms with Crippen molar-refractivity contribution in [2.24, 2.45) is 0 Å². The third-order valence-corrected chi connectivity index (χ3v) is 19.7. The number of aromatic nitrogens is 9. The van der Waals surface area contributed by atoms with E-state index in [2.05, 4.69) is 149 Å². The number of rotatable bonds is 10. The fourth-order valence-corrected chi connectivity index (χ4v) is 15.0. The molecule has 0 radical (unpaired) electrons. The predicted octanol–water partition coefficient (Wildman–Crippen LogP) is 22.8. The van der Waals surface area contributed by atoms with E-state index >= 15 is 0 Å². The molecule has 9 aromatic heterocycles. The summed E-state index contributed by atoms with van der Waals surface area (Å²) >= 11 is 0. The Hall–Kier alpha value is -14.2. The molecule has 0 N–H and O–H groups in total. The summed E-state index contributed by atoms with van der Waals surface area (Å²) in [6, 6.07) is 91.0. The molecule has 474 valence electrons. The van der Waals surface area contributed by atoms with E-state index in [1.807, 2.05) is 146 Å². The third kappa shape index (κ3) is 9.22. The van der Waals surface area contributed by atoms with Gasteiger partial charge in [-0.25, -0.2) is 29.9 Å². The average Bonchev–Trinajstić information content (AvgIpc) is 1.51. The summed E-state index contributed by atoms with van der Waals surface area (Å²) in [6.45, 7) is 0. The summed E-state index contributed by atoms with van der Waals surface area (Å²) in [6.07, 6.45) is 9.12. The Labute approximate surface area is 579 Å². The van der Waals surface area contributed by atoms with Gasteiger partial charge in [0.1, 0.15) is 44.7 Å². The number of benzene rings is 12. The molecule has 0 fully saturated rings. The molecule has 0 bridgehead atoms. The molecule has 0 unspecified atom stereocenters. The predicted molar refractivity (Wildman–Crippen MR) is 405 cm³/mol. The number of fused-ring (bicyclic) bond motifs is 14. The van der Waals surface area contributed by atoms with Gasteiger partial charge < -0.3 is 17.7 Å². The minimum absolute atomic E-state index is 0.514. The second kappa shape index (κ2) is 22.7. The highest BCUT2D eigenvalue weighted by Gasteiger charge is 2.24. The molecular formula is C89H49N9O4. The first-order chi connectivity index (χ1) is 50.5. The molecule has 0 aliphatic carbocycles. The first-order valence-electron chi connectivity index (χ1n) is 33.6. The first kappa shape index (κ1) is 57.0. The van der Waals surface area contributed by atoms with Crippen molar-refractivity contribution < 1.29 is 17.7 Å². The van der Waals surface area contributed by atoms with Crippen LogP contribution in [0.4, 0.5) is 0 Å². The van der Waals surface area contributed by atoms with Crippen molar-refractivity contribution in [2.75, 3.05) is 0 Å². The normalized spacial score (nSPS) is 11.9. The Kier molecular flexibility index (Phi) is 12.7. The lowest BCUT2D eigenvalue weighted by Crippen LogP contribution is -2.00. The van der Waals surface area contributed by atoms with E-state index in [0.717, 1.165) is 176 Å². The van der Waals surface area contributed by atoms with Gasteiger partial charge >= 0.3 is 0 Å². The van der Waals surface area contributed by atoms with Crippen LogP contribution in [0.25, 0.3) is 222 Å². The molecule has 21 aromatic rings. The average molecular weight is 1310 g/mol. The van der Waals surface area contributed by atoms with Crippen LogP contribution in [0.3, 0.4) is 0 Å². The summed E-state index contributed by atoms with van der Waals surface area (Å²) in [4.78, 5) is 45.0. The van der Waals surface area contributed by atoms with Gasteiger partial charge in [-0.1, -0.05) is 206 Å². The molecule has 0 atom stereocenters. The zero-order valence-electron chi connectivity index (χ0n) is 53.9. The summed E-state index contributed by atoms with van der Waals surface area (Å²) < 4.78 is 26.0. The zero-order chi connectivity index (χ0) is 66.9. The number of hydrogen-bond donors (Lipinski definition) is 0. The number of pyridine rings is 3. The molecule has 0 aliphatic rings. The lowest BCUT2D eigenvalue weighted by molar-refractivity contribution is 0.668. The van der Waals surface area contributed by atoms with E-state index in [4.69, 9.17) is 52.6 Å².